The molecule has 3 aromatic rings. The summed E-state index contributed by atoms with van der Waals surface area (Å²) in [6, 6.07) is 17.3. The number of nitriles is 1. The maximum absolute atomic E-state index is 13.3. The van der Waals surface area contributed by atoms with Gasteiger partial charge in [-0.25, -0.2) is 9.69 Å². The zero-order valence-electron chi connectivity index (χ0n) is 20.9. The number of carbonyl (C=O) groups is 3. The van der Waals surface area contributed by atoms with Crippen molar-refractivity contribution < 1.29 is 19.1 Å². The van der Waals surface area contributed by atoms with Gasteiger partial charge >= 0.3 is 6.03 Å². The third kappa shape index (κ3) is 5.43. The highest BCUT2D eigenvalue weighted by molar-refractivity contribution is 9.10. The number of hydrogen-bond donors (Lipinski definition) is 1. The average Bonchev–Trinajstić information content (AvgIpc) is 2.88. The molecule has 0 spiro atoms. The summed E-state index contributed by atoms with van der Waals surface area (Å²) in [5.41, 5.74) is 4.74. The van der Waals surface area contributed by atoms with E-state index in [2.05, 4.69) is 33.9 Å². The van der Waals surface area contributed by atoms with E-state index in [9.17, 15) is 19.6 Å². The Labute approximate surface area is 229 Å². The van der Waals surface area contributed by atoms with E-state index in [-0.39, 0.29) is 12.2 Å². The van der Waals surface area contributed by atoms with Crippen LogP contribution in [0.3, 0.4) is 0 Å². The Morgan fingerprint density at radius 1 is 1.05 bits per heavy atom. The summed E-state index contributed by atoms with van der Waals surface area (Å²) in [6.07, 6.45) is 3.62. The lowest BCUT2D eigenvalue weighted by Gasteiger charge is -2.27. The number of allylic oxidation sites excluding steroid dienone is 1. The number of carbonyl (C=O) groups excluding carboxylic acids is 3. The Bertz CT molecular complexity index is 1550. The van der Waals surface area contributed by atoms with Crippen molar-refractivity contribution >= 4 is 45.5 Å². The van der Waals surface area contributed by atoms with E-state index in [0.717, 1.165) is 27.2 Å². The molecule has 1 fully saturated rings. The number of urea groups is 1. The van der Waals surface area contributed by atoms with Gasteiger partial charge in [0.1, 0.15) is 17.9 Å². The molecule has 4 amide bonds. The second-order valence-electron chi connectivity index (χ2n) is 8.77. The Kier molecular flexibility index (Phi) is 7.89. The molecule has 0 bridgehead atoms. The molecule has 1 saturated heterocycles. The van der Waals surface area contributed by atoms with Gasteiger partial charge in [0.2, 0.25) is 0 Å². The van der Waals surface area contributed by atoms with E-state index in [1.807, 2.05) is 32.0 Å². The highest BCUT2D eigenvalue weighted by atomic mass is 79.9. The summed E-state index contributed by atoms with van der Waals surface area (Å²) in [7, 11) is 0. The normalized spacial score (nSPS) is 14.3. The first-order chi connectivity index (χ1) is 18.2. The molecule has 4 rings (SSSR count). The van der Waals surface area contributed by atoms with Crippen molar-refractivity contribution in [3.63, 3.8) is 0 Å². The molecule has 1 heterocycles. The predicted molar refractivity (Wildman–Crippen MR) is 148 cm³/mol. The molecule has 3 aromatic carbocycles. The van der Waals surface area contributed by atoms with E-state index >= 15 is 0 Å². The van der Waals surface area contributed by atoms with E-state index in [4.69, 9.17) is 4.74 Å². The third-order valence-electron chi connectivity index (χ3n) is 6.18. The maximum Gasteiger partial charge on any atom is 0.335 e. The largest absolute Gasteiger partial charge is 0.487 e. The number of nitrogens with zero attached hydrogens (tertiary/aromatic N) is 2. The van der Waals surface area contributed by atoms with Crippen LogP contribution in [0.4, 0.5) is 10.5 Å². The standard InChI is InChI=1S/C30H24BrN3O4/c1-4-7-21-13-20(15-26(31)27(21)38-17-23-9-6-5-8-22(23)16-32)14-25-28(35)33-30(37)34(29(25)36)24-11-10-18(2)19(3)12-24/h4-6,8-15H,1,7,17H2,2-3H3,(H,33,35,37)/b25-14+. The van der Waals surface area contributed by atoms with E-state index in [0.29, 0.717) is 33.5 Å². The number of amides is 4. The lowest BCUT2D eigenvalue weighted by molar-refractivity contribution is -0.122. The van der Waals surface area contributed by atoms with Gasteiger partial charge in [-0.1, -0.05) is 30.3 Å². The van der Waals surface area contributed by atoms with Crippen LogP contribution in [-0.2, 0) is 22.6 Å². The monoisotopic (exact) mass is 569 g/mol. The van der Waals surface area contributed by atoms with Crippen molar-refractivity contribution in [1.82, 2.24) is 5.32 Å². The van der Waals surface area contributed by atoms with Gasteiger partial charge in [0, 0.05) is 5.56 Å². The van der Waals surface area contributed by atoms with Gasteiger partial charge in [-0.15, -0.1) is 6.58 Å². The first-order valence-corrected chi connectivity index (χ1v) is 12.6. The van der Waals surface area contributed by atoms with E-state index in [1.54, 1.807) is 42.5 Å². The molecular formula is C30H24BrN3O4. The summed E-state index contributed by atoms with van der Waals surface area (Å²) < 4.78 is 6.68. The van der Waals surface area contributed by atoms with E-state index in [1.165, 1.54) is 6.08 Å². The molecular weight excluding hydrogens is 546 g/mol. The van der Waals surface area contributed by atoms with E-state index < -0.39 is 17.8 Å². The lowest BCUT2D eigenvalue weighted by Crippen LogP contribution is -2.54. The van der Waals surface area contributed by atoms with Crippen LogP contribution in [0.1, 0.15) is 33.4 Å². The SMILES string of the molecule is C=CCc1cc(/C=C2\C(=O)NC(=O)N(c3ccc(C)c(C)c3)C2=O)cc(Br)c1OCc1ccccc1C#N. The summed E-state index contributed by atoms with van der Waals surface area (Å²) in [6.45, 7) is 7.81. The van der Waals surface area contributed by atoms with Crippen molar-refractivity contribution in [2.45, 2.75) is 26.9 Å². The maximum atomic E-state index is 13.3. The minimum atomic E-state index is -0.796. The van der Waals surface area contributed by atoms with Crippen molar-refractivity contribution in [3.05, 3.63) is 111 Å². The van der Waals surface area contributed by atoms with Crippen LogP contribution in [0, 0.1) is 25.2 Å². The Morgan fingerprint density at radius 2 is 1.82 bits per heavy atom. The van der Waals surface area contributed by atoms with Crippen LogP contribution in [0.2, 0.25) is 0 Å². The van der Waals surface area contributed by atoms with Crippen molar-refractivity contribution in [1.29, 1.82) is 5.26 Å². The smallest absolute Gasteiger partial charge is 0.335 e. The van der Waals surface area contributed by atoms with Crippen molar-refractivity contribution in [3.8, 4) is 11.8 Å². The van der Waals surface area contributed by atoms with Crippen LogP contribution in [-0.4, -0.2) is 17.8 Å². The lowest BCUT2D eigenvalue weighted by atomic mass is 10.0. The first kappa shape index (κ1) is 26.6. The first-order valence-electron chi connectivity index (χ1n) is 11.8. The summed E-state index contributed by atoms with van der Waals surface area (Å²) in [5.74, 6) is -0.919. The zero-order valence-corrected chi connectivity index (χ0v) is 22.5. The van der Waals surface area contributed by atoms with Gasteiger partial charge in [-0.3, -0.25) is 14.9 Å². The fraction of sp³-hybridized carbons (Fsp3) is 0.133. The number of nitrogens with one attached hydrogen (secondary N) is 1. The predicted octanol–water partition coefficient (Wildman–Crippen LogP) is 5.91. The molecule has 8 heteroatoms. The molecule has 7 nitrogen and oxygen atoms in total. The number of rotatable bonds is 7. The highest BCUT2D eigenvalue weighted by Crippen LogP contribution is 2.34. The Hall–Kier alpha value is -4.48. The number of imide groups is 2. The molecule has 0 atom stereocenters. The molecule has 38 heavy (non-hydrogen) atoms. The van der Waals surface area contributed by atoms with Gasteiger partial charge in [0.25, 0.3) is 11.8 Å². The van der Waals surface area contributed by atoms with Crippen molar-refractivity contribution in [2.75, 3.05) is 4.90 Å². The number of aryl methyl sites for hydroxylation is 2. The number of hydrogen-bond acceptors (Lipinski definition) is 5. The van der Waals surface area contributed by atoms with Crippen LogP contribution < -0.4 is 15.0 Å². The minimum Gasteiger partial charge on any atom is -0.487 e. The molecule has 1 aliphatic rings. The van der Waals surface area contributed by atoms with Gasteiger partial charge < -0.3 is 4.74 Å². The molecule has 1 aliphatic heterocycles. The zero-order chi connectivity index (χ0) is 27.4. The number of benzene rings is 3. The Morgan fingerprint density at radius 3 is 2.53 bits per heavy atom. The topological polar surface area (TPSA) is 99.5 Å². The number of barbiturate groups is 1. The second kappa shape index (κ2) is 11.3. The van der Waals surface area contributed by atoms with Crippen LogP contribution in [0.5, 0.6) is 5.75 Å². The molecule has 0 aromatic heterocycles. The van der Waals surface area contributed by atoms with Crippen LogP contribution in [0.15, 0.2) is 77.3 Å². The molecule has 1 N–H and O–H groups in total. The summed E-state index contributed by atoms with van der Waals surface area (Å²) in [4.78, 5) is 39.5. The van der Waals surface area contributed by atoms with Gasteiger partial charge in [-0.05, 0) is 94.9 Å². The number of anilines is 1. The molecule has 0 aliphatic carbocycles. The number of ether oxygens (including phenoxy) is 1. The number of halogens is 1. The van der Waals surface area contributed by atoms with Gasteiger partial charge in [0.15, 0.2) is 0 Å². The Balaban J connectivity index is 1.68. The van der Waals surface area contributed by atoms with Crippen molar-refractivity contribution in [2.24, 2.45) is 0 Å². The average molecular weight is 570 g/mol. The summed E-state index contributed by atoms with van der Waals surface area (Å²) in [5, 5.41) is 11.6. The molecule has 0 saturated carbocycles. The fourth-order valence-corrected chi connectivity index (χ4v) is 4.69. The quantitative estimate of drug-likeness (QED) is 0.216. The second-order valence-corrected chi connectivity index (χ2v) is 9.62. The fourth-order valence-electron chi connectivity index (χ4n) is 4.05. The molecule has 0 unspecified atom stereocenters. The van der Waals surface area contributed by atoms with Gasteiger partial charge in [-0.2, -0.15) is 5.26 Å². The minimum absolute atomic E-state index is 0.170. The molecule has 190 valence electrons. The highest BCUT2D eigenvalue weighted by Gasteiger charge is 2.37. The third-order valence-corrected chi connectivity index (χ3v) is 6.77. The van der Waals surface area contributed by atoms with Crippen LogP contribution in [0.25, 0.3) is 6.08 Å². The van der Waals surface area contributed by atoms with Gasteiger partial charge in [0.05, 0.1) is 21.8 Å². The van der Waals surface area contributed by atoms with Crippen LogP contribution >= 0.6 is 15.9 Å². The molecule has 0 radical (unpaired) electrons. The summed E-state index contributed by atoms with van der Waals surface area (Å²) >= 11 is 3.54.